The molecule has 5 atom stereocenters. The Hall–Kier alpha value is -2.83. The Balaban J connectivity index is 1.51. The monoisotopic (exact) mass is 527 g/mol. The van der Waals surface area contributed by atoms with E-state index in [-0.39, 0.29) is 29.5 Å². The number of nitrogens with one attached hydrogen (secondary N) is 2. The number of benzene rings is 1. The number of aliphatic hydroxyl groups is 1. The largest absolute Gasteiger partial charge is 0.496 e. The molecule has 3 saturated carbocycles. The summed E-state index contributed by atoms with van der Waals surface area (Å²) in [5.41, 5.74) is -0.0265. The minimum atomic E-state index is -1.11. The minimum Gasteiger partial charge on any atom is -0.496 e. The van der Waals surface area contributed by atoms with Crippen LogP contribution in [0.4, 0.5) is 0 Å². The van der Waals surface area contributed by atoms with E-state index in [1.165, 1.54) is 7.11 Å². The van der Waals surface area contributed by atoms with Gasteiger partial charge in [-0.3, -0.25) is 14.9 Å². The van der Waals surface area contributed by atoms with Gasteiger partial charge in [0.1, 0.15) is 23.8 Å². The van der Waals surface area contributed by atoms with Crippen molar-refractivity contribution in [3.8, 4) is 17.6 Å². The van der Waals surface area contributed by atoms with Crippen LogP contribution in [0.1, 0.15) is 89.0 Å². The van der Waals surface area contributed by atoms with Crippen LogP contribution in [0.2, 0.25) is 0 Å². The molecule has 0 saturated heterocycles. The zero-order valence-electron chi connectivity index (χ0n) is 22.7. The second-order valence-corrected chi connectivity index (χ2v) is 11.5. The third-order valence-electron chi connectivity index (χ3n) is 8.99. The van der Waals surface area contributed by atoms with Gasteiger partial charge in [-0.2, -0.15) is 5.26 Å². The van der Waals surface area contributed by atoms with E-state index in [9.17, 15) is 25.1 Å². The van der Waals surface area contributed by atoms with Gasteiger partial charge in [0.05, 0.1) is 30.1 Å². The number of hydrogen-bond donors (Lipinski definition) is 4. The van der Waals surface area contributed by atoms with Crippen molar-refractivity contribution in [2.45, 2.75) is 90.0 Å². The van der Waals surface area contributed by atoms with Gasteiger partial charge in [-0.1, -0.05) is 13.3 Å². The average molecular weight is 528 g/mol. The first-order valence-electron chi connectivity index (χ1n) is 13.9. The molecule has 1 aromatic carbocycles. The fourth-order valence-corrected chi connectivity index (χ4v) is 6.58. The van der Waals surface area contributed by atoms with E-state index in [0.29, 0.717) is 61.1 Å². The van der Waals surface area contributed by atoms with Crippen molar-refractivity contribution in [3.63, 3.8) is 0 Å². The standard InChI is InChI=1S/C29H41N3O6/c1-4-5-12-31-27(34)24-17-6-7-18(13-17)25(24)32-26(33)21-15-22(19(16-30)14-23(21)37-3)38-20-8-10-29(2,11-9-20)28(35)36/h14-15,17-18,20,24-26,32-33H,4-13H2,1-3H3,(H,31,34)(H,35,36)/t17-,18+,20-,24+,25-,26?,29+/m1/s1. The lowest BCUT2D eigenvalue weighted by Crippen LogP contribution is -2.49. The van der Waals surface area contributed by atoms with Crippen molar-refractivity contribution in [1.29, 1.82) is 5.26 Å². The SMILES string of the molecule is CCCCNC(=O)[C@H]1[C@@H]2CC[C@@H](C2)[C@H]1NC(O)c1cc(O[C@H]2CC[C@@](C)(C(=O)O)CC2)c(C#N)cc1OC. The number of methoxy groups -OCH3 is 1. The van der Waals surface area contributed by atoms with Crippen LogP contribution in [0.3, 0.4) is 0 Å². The maximum absolute atomic E-state index is 13.1. The smallest absolute Gasteiger partial charge is 0.309 e. The summed E-state index contributed by atoms with van der Waals surface area (Å²) < 4.78 is 11.7. The van der Waals surface area contributed by atoms with Gasteiger partial charge in [-0.15, -0.1) is 0 Å². The molecule has 3 fully saturated rings. The molecule has 1 unspecified atom stereocenters. The van der Waals surface area contributed by atoms with Gasteiger partial charge < -0.3 is 25.0 Å². The van der Waals surface area contributed by atoms with E-state index in [1.807, 2.05) is 0 Å². The van der Waals surface area contributed by atoms with Crippen molar-refractivity contribution in [2.24, 2.45) is 23.2 Å². The topological polar surface area (TPSA) is 141 Å². The molecule has 208 valence electrons. The normalized spacial score (nSPS) is 30.9. The summed E-state index contributed by atoms with van der Waals surface area (Å²) in [4.78, 5) is 24.7. The van der Waals surface area contributed by atoms with Crippen LogP contribution in [0.5, 0.6) is 11.5 Å². The van der Waals surface area contributed by atoms with Gasteiger partial charge in [-0.05, 0) is 76.2 Å². The zero-order chi connectivity index (χ0) is 27.4. The summed E-state index contributed by atoms with van der Waals surface area (Å²) in [6.07, 6.45) is 5.78. The summed E-state index contributed by atoms with van der Waals surface area (Å²) in [6.45, 7) is 4.51. The fraction of sp³-hybridized carbons (Fsp3) is 0.690. The molecule has 9 heteroatoms. The zero-order valence-corrected chi connectivity index (χ0v) is 22.7. The molecule has 0 spiro atoms. The Morgan fingerprint density at radius 1 is 1.18 bits per heavy atom. The molecular weight excluding hydrogens is 486 g/mol. The molecule has 4 N–H and O–H groups in total. The highest BCUT2D eigenvalue weighted by molar-refractivity contribution is 5.80. The van der Waals surface area contributed by atoms with E-state index in [1.54, 1.807) is 19.1 Å². The predicted molar refractivity (Wildman–Crippen MR) is 140 cm³/mol. The quantitative estimate of drug-likeness (QED) is 0.251. The molecule has 0 aromatic heterocycles. The number of carboxylic acids is 1. The maximum Gasteiger partial charge on any atom is 0.309 e. The highest BCUT2D eigenvalue weighted by Crippen LogP contribution is 2.49. The van der Waals surface area contributed by atoms with E-state index < -0.39 is 17.6 Å². The lowest BCUT2D eigenvalue weighted by molar-refractivity contribution is -0.150. The molecule has 9 nitrogen and oxygen atoms in total. The third kappa shape index (κ3) is 5.76. The number of aliphatic carboxylic acids is 1. The number of nitriles is 1. The molecule has 4 rings (SSSR count). The molecule has 3 aliphatic carbocycles. The van der Waals surface area contributed by atoms with E-state index in [0.717, 1.165) is 32.1 Å². The molecule has 0 radical (unpaired) electrons. The van der Waals surface area contributed by atoms with E-state index in [4.69, 9.17) is 9.47 Å². The summed E-state index contributed by atoms with van der Waals surface area (Å²) in [7, 11) is 1.49. The van der Waals surface area contributed by atoms with Crippen LogP contribution >= 0.6 is 0 Å². The second-order valence-electron chi connectivity index (χ2n) is 11.5. The van der Waals surface area contributed by atoms with Crippen molar-refractivity contribution in [3.05, 3.63) is 23.3 Å². The highest BCUT2D eigenvalue weighted by atomic mass is 16.5. The maximum atomic E-state index is 13.1. The van der Waals surface area contributed by atoms with E-state index in [2.05, 4.69) is 23.6 Å². The molecule has 38 heavy (non-hydrogen) atoms. The van der Waals surface area contributed by atoms with Crippen LogP contribution in [-0.4, -0.2) is 47.9 Å². The van der Waals surface area contributed by atoms with Crippen LogP contribution in [0.25, 0.3) is 0 Å². The Labute approximate surface area is 224 Å². The number of unbranched alkanes of at least 4 members (excludes halogenated alkanes) is 1. The number of carbonyl (C=O) groups excluding carboxylic acids is 1. The second kappa shape index (κ2) is 11.9. The average Bonchev–Trinajstić information content (AvgIpc) is 3.52. The van der Waals surface area contributed by atoms with Crippen LogP contribution in [0, 0.1) is 34.5 Å². The predicted octanol–water partition coefficient (Wildman–Crippen LogP) is 3.89. The lowest BCUT2D eigenvalue weighted by atomic mass is 9.75. The number of aliphatic hydroxyl groups excluding tert-OH is 1. The fourth-order valence-electron chi connectivity index (χ4n) is 6.58. The van der Waals surface area contributed by atoms with Crippen LogP contribution < -0.4 is 20.1 Å². The molecule has 0 aliphatic heterocycles. The Morgan fingerprint density at radius 3 is 2.53 bits per heavy atom. The van der Waals surface area contributed by atoms with Gasteiger partial charge in [0.2, 0.25) is 5.91 Å². The molecule has 2 bridgehead atoms. The number of carboxylic acid groups (broad SMARTS) is 1. The van der Waals surface area contributed by atoms with Crippen molar-refractivity contribution < 1.29 is 29.3 Å². The molecular formula is C29H41N3O6. The Kier molecular flexibility index (Phi) is 8.84. The number of hydrogen-bond acceptors (Lipinski definition) is 7. The summed E-state index contributed by atoms with van der Waals surface area (Å²) in [5.74, 6) is 0.409. The van der Waals surface area contributed by atoms with Gasteiger partial charge in [0.15, 0.2) is 0 Å². The van der Waals surface area contributed by atoms with Gasteiger partial charge in [-0.25, -0.2) is 0 Å². The molecule has 3 aliphatic rings. The number of ether oxygens (including phenoxy) is 2. The first-order valence-corrected chi connectivity index (χ1v) is 13.9. The van der Waals surface area contributed by atoms with Crippen LogP contribution in [0.15, 0.2) is 12.1 Å². The number of fused-ring (bicyclic) bond motifs is 2. The lowest BCUT2D eigenvalue weighted by Gasteiger charge is -2.34. The van der Waals surface area contributed by atoms with Crippen molar-refractivity contribution in [1.82, 2.24) is 10.6 Å². The first-order chi connectivity index (χ1) is 18.2. The summed E-state index contributed by atoms with van der Waals surface area (Å²) in [5, 5.41) is 37.0. The summed E-state index contributed by atoms with van der Waals surface area (Å²) in [6, 6.07) is 5.20. The minimum absolute atomic E-state index is 0.0526. The molecule has 1 amide bonds. The third-order valence-corrected chi connectivity index (χ3v) is 8.99. The number of amides is 1. The molecule has 1 aromatic rings. The number of nitrogens with zero attached hydrogens (tertiary/aromatic N) is 1. The van der Waals surface area contributed by atoms with Crippen LogP contribution in [-0.2, 0) is 9.59 Å². The van der Waals surface area contributed by atoms with E-state index >= 15 is 0 Å². The highest BCUT2D eigenvalue weighted by Gasteiger charge is 2.51. The number of rotatable bonds is 11. The Bertz CT molecular complexity index is 1060. The van der Waals surface area contributed by atoms with Gasteiger partial charge in [0, 0.05) is 24.2 Å². The summed E-state index contributed by atoms with van der Waals surface area (Å²) >= 11 is 0. The van der Waals surface area contributed by atoms with Gasteiger partial charge >= 0.3 is 5.97 Å². The number of carbonyl (C=O) groups is 2. The Morgan fingerprint density at radius 2 is 1.89 bits per heavy atom. The van der Waals surface area contributed by atoms with Gasteiger partial charge in [0.25, 0.3) is 0 Å². The van der Waals surface area contributed by atoms with Crippen molar-refractivity contribution >= 4 is 11.9 Å². The van der Waals surface area contributed by atoms with Crippen molar-refractivity contribution in [2.75, 3.05) is 13.7 Å². The first kappa shape index (κ1) is 28.2. The molecule has 0 heterocycles.